The van der Waals surface area contributed by atoms with E-state index < -0.39 is 0 Å². The Balaban J connectivity index is 1.79. The van der Waals surface area contributed by atoms with Crippen molar-refractivity contribution in [3.8, 4) is 10.6 Å². The molecule has 3 N–H and O–H groups in total. The monoisotopic (exact) mass is 275 g/mol. The lowest BCUT2D eigenvalue weighted by Crippen LogP contribution is -2.12. The van der Waals surface area contributed by atoms with Crippen molar-refractivity contribution in [2.75, 3.05) is 5.32 Å². The molecule has 0 unspecified atom stereocenters. The Labute approximate surface area is 111 Å². The maximum Gasteiger partial charge on any atom is 0.275 e. The van der Waals surface area contributed by atoms with E-state index in [4.69, 9.17) is 0 Å². The van der Waals surface area contributed by atoms with Gasteiger partial charge in [-0.05, 0) is 13.0 Å². The van der Waals surface area contributed by atoms with Crippen molar-refractivity contribution in [1.29, 1.82) is 0 Å². The Bertz CT molecular complexity index is 699. The number of rotatable bonds is 3. The Morgan fingerprint density at radius 2 is 2.21 bits per heavy atom. The van der Waals surface area contributed by atoms with Crippen LogP contribution in [0.2, 0.25) is 0 Å². The summed E-state index contributed by atoms with van der Waals surface area (Å²) >= 11 is 1.28. The summed E-state index contributed by atoms with van der Waals surface area (Å²) in [7, 11) is 0. The molecule has 3 aromatic heterocycles. The van der Waals surface area contributed by atoms with E-state index in [1.54, 1.807) is 12.3 Å². The average Bonchev–Trinajstić information content (AvgIpc) is 3.08. The van der Waals surface area contributed by atoms with Crippen molar-refractivity contribution in [3.05, 3.63) is 29.8 Å². The second-order valence-corrected chi connectivity index (χ2v) is 4.72. The highest BCUT2D eigenvalue weighted by Gasteiger charge is 2.13. The zero-order valence-corrected chi connectivity index (χ0v) is 10.7. The third-order valence-electron chi connectivity index (χ3n) is 2.45. The zero-order chi connectivity index (χ0) is 13.2. The molecule has 3 heterocycles. The lowest BCUT2D eigenvalue weighted by Gasteiger charge is -1.96. The summed E-state index contributed by atoms with van der Waals surface area (Å²) in [6.45, 7) is 1.90. The molecule has 0 spiro atoms. The number of aromatic amines is 2. The van der Waals surface area contributed by atoms with Crippen LogP contribution in [0.1, 0.15) is 16.2 Å². The summed E-state index contributed by atoms with van der Waals surface area (Å²) in [6, 6.07) is 1.58. The fourth-order valence-electron chi connectivity index (χ4n) is 1.50. The predicted molar refractivity (Wildman–Crippen MR) is 68.8 cm³/mol. The molecule has 3 rings (SSSR count). The molecule has 8 nitrogen and oxygen atoms in total. The van der Waals surface area contributed by atoms with E-state index in [0.29, 0.717) is 15.8 Å². The topological polar surface area (TPSA) is 112 Å². The van der Waals surface area contributed by atoms with Crippen LogP contribution in [0.5, 0.6) is 0 Å². The van der Waals surface area contributed by atoms with E-state index in [9.17, 15) is 4.79 Å². The summed E-state index contributed by atoms with van der Waals surface area (Å²) in [4.78, 5) is 11.8. The van der Waals surface area contributed by atoms with Crippen molar-refractivity contribution in [2.45, 2.75) is 6.92 Å². The van der Waals surface area contributed by atoms with Crippen LogP contribution in [0, 0.1) is 6.92 Å². The quantitative estimate of drug-likeness (QED) is 0.665. The molecule has 19 heavy (non-hydrogen) atoms. The minimum atomic E-state index is -0.302. The van der Waals surface area contributed by atoms with Crippen molar-refractivity contribution >= 4 is 22.4 Å². The van der Waals surface area contributed by atoms with E-state index in [1.807, 2.05) is 6.92 Å². The molecule has 0 fully saturated rings. The summed E-state index contributed by atoms with van der Waals surface area (Å²) in [5.41, 5.74) is 2.15. The summed E-state index contributed by atoms with van der Waals surface area (Å²) in [6.07, 6.45) is 3.19. The number of hydrogen-bond acceptors (Lipinski definition) is 6. The second kappa shape index (κ2) is 4.61. The van der Waals surface area contributed by atoms with Gasteiger partial charge in [0.2, 0.25) is 5.13 Å². The molecule has 0 aliphatic carbocycles. The van der Waals surface area contributed by atoms with Gasteiger partial charge in [-0.1, -0.05) is 11.3 Å². The number of H-pyrrole nitrogens is 2. The van der Waals surface area contributed by atoms with Crippen molar-refractivity contribution in [2.24, 2.45) is 0 Å². The van der Waals surface area contributed by atoms with E-state index in [-0.39, 0.29) is 5.91 Å². The largest absolute Gasteiger partial charge is 0.295 e. The van der Waals surface area contributed by atoms with E-state index in [0.717, 1.165) is 11.3 Å². The minimum absolute atomic E-state index is 0.302. The fraction of sp³-hybridized carbons (Fsp3) is 0.100. The van der Waals surface area contributed by atoms with Crippen LogP contribution in [0.15, 0.2) is 18.5 Å². The van der Waals surface area contributed by atoms with Gasteiger partial charge in [-0.15, -0.1) is 10.2 Å². The zero-order valence-electron chi connectivity index (χ0n) is 9.84. The summed E-state index contributed by atoms with van der Waals surface area (Å²) in [5.74, 6) is -0.302. The van der Waals surface area contributed by atoms with Gasteiger partial charge in [-0.3, -0.25) is 20.3 Å². The van der Waals surface area contributed by atoms with Gasteiger partial charge >= 0.3 is 0 Å². The SMILES string of the molecule is Cc1[nH]ncc1-c1nnc(NC(=O)c2ccn[nH]2)s1. The molecule has 0 radical (unpaired) electrons. The smallest absolute Gasteiger partial charge is 0.275 e. The number of nitrogens with zero attached hydrogens (tertiary/aromatic N) is 4. The molecule has 1 amide bonds. The molecule has 3 aromatic rings. The highest BCUT2D eigenvalue weighted by molar-refractivity contribution is 7.18. The first-order valence-corrected chi connectivity index (χ1v) is 6.20. The molecule has 0 bridgehead atoms. The first-order chi connectivity index (χ1) is 9.24. The second-order valence-electron chi connectivity index (χ2n) is 3.75. The molecule has 0 atom stereocenters. The Morgan fingerprint density at radius 3 is 2.89 bits per heavy atom. The van der Waals surface area contributed by atoms with E-state index >= 15 is 0 Å². The van der Waals surface area contributed by atoms with E-state index in [2.05, 4.69) is 35.9 Å². The molecule has 9 heteroatoms. The number of hydrogen-bond donors (Lipinski definition) is 3. The number of nitrogens with one attached hydrogen (secondary N) is 3. The van der Waals surface area contributed by atoms with Gasteiger partial charge in [0.1, 0.15) is 5.69 Å². The van der Waals surface area contributed by atoms with Crippen LogP contribution in [-0.4, -0.2) is 36.5 Å². The van der Waals surface area contributed by atoms with E-state index in [1.165, 1.54) is 17.5 Å². The first-order valence-electron chi connectivity index (χ1n) is 5.38. The van der Waals surface area contributed by atoms with Gasteiger partial charge in [-0.25, -0.2) is 0 Å². The number of anilines is 1. The van der Waals surface area contributed by atoms with Crippen LogP contribution in [0.4, 0.5) is 5.13 Å². The molecule has 0 aliphatic rings. The van der Waals surface area contributed by atoms with Crippen LogP contribution in [0.25, 0.3) is 10.6 Å². The van der Waals surface area contributed by atoms with Gasteiger partial charge < -0.3 is 0 Å². The van der Waals surface area contributed by atoms with Gasteiger partial charge in [-0.2, -0.15) is 10.2 Å². The van der Waals surface area contributed by atoms with Crippen molar-refractivity contribution in [1.82, 2.24) is 30.6 Å². The standard InChI is InChI=1S/C10H9N7OS/c1-5-6(4-12-14-5)9-16-17-10(19-9)13-8(18)7-2-3-11-15-7/h2-4H,1H3,(H,11,15)(H,12,14)(H,13,17,18). The van der Waals surface area contributed by atoms with Crippen LogP contribution in [-0.2, 0) is 0 Å². The summed E-state index contributed by atoms with van der Waals surface area (Å²) < 4.78 is 0. The third-order valence-corrected chi connectivity index (χ3v) is 3.32. The van der Waals surface area contributed by atoms with Crippen LogP contribution < -0.4 is 5.32 Å². The minimum Gasteiger partial charge on any atom is -0.295 e. The predicted octanol–water partition coefficient (Wildman–Crippen LogP) is 1.21. The molecule has 0 saturated carbocycles. The van der Waals surface area contributed by atoms with Crippen molar-refractivity contribution in [3.63, 3.8) is 0 Å². The van der Waals surface area contributed by atoms with Crippen LogP contribution in [0.3, 0.4) is 0 Å². The molecular formula is C10H9N7OS. The lowest BCUT2D eigenvalue weighted by molar-refractivity contribution is 0.102. The average molecular weight is 275 g/mol. The van der Waals surface area contributed by atoms with Gasteiger partial charge in [0.05, 0.1) is 11.8 Å². The number of aromatic nitrogens is 6. The molecule has 0 aliphatic heterocycles. The van der Waals surface area contributed by atoms with Crippen LogP contribution >= 0.6 is 11.3 Å². The molecule has 0 aromatic carbocycles. The maximum absolute atomic E-state index is 11.8. The molecule has 96 valence electrons. The van der Waals surface area contributed by atoms with Gasteiger partial charge in [0.25, 0.3) is 5.91 Å². The number of amides is 1. The van der Waals surface area contributed by atoms with Crippen molar-refractivity contribution < 1.29 is 4.79 Å². The number of carbonyl (C=O) groups excluding carboxylic acids is 1. The highest BCUT2D eigenvalue weighted by atomic mass is 32.1. The first kappa shape index (κ1) is 11.5. The number of aryl methyl sites for hydroxylation is 1. The lowest BCUT2D eigenvalue weighted by atomic mass is 10.3. The Hall–Kier alpha value is -2.55. The Kier molecular flexibility index (Phi) is 2.80. The third kappa shape index (κ3) is 2.22. The van der Waals surface area contributed by atoms with Gasteiger partial charge in [0.15, 0.2) is 5.01 Å². The normalized spacial score (nSPS) is 10.6. The summed E-state index contributed by atoms with van der Waals surface area (Å²) in [5, 5.41) is 24.8. The number of carbonyl (C=O) groups is 1. The maximum atomic E-state index is 11.8. The molecular weight excluding hydrogens is 266 g/mol. The van der Waals surface area contributed by atoms with Gasteiger partial charge in [0, 0.05) is 11.9 Å². The highest BCUT2D eigenvalue weighted by Crippen LogP contribution is 2.27. The molecule has 0 saturated heterocycles. The Morgan fingerprint density at radius 1 is 1.32 bits per heavy atom. The fourth-order valence-corrected chi connectivity index (χ4v) is 2.30.